The summed E-state index contributed by atoms with van der Waals surface area (Å²) in [5, 5.41) is 13.2. The van der Waals surface area contributed by atoms with E-state index in [9.17, 15) is 9.90 Å². The average molecular weight is 388 g/mol. The Morgan fingerprint density at radius 3 is 2.81 bits per heavy atom. The van der Waals surface area contributed by atoms with E-state index in [1.54, 1.807) is 0 Å². The molecule has 144 valence electrons. The van der Waals surface area contributed by atoms with Crippen LogP contribution in [0.25, 0.3) is 0 Å². The van der Waals surface area contributed by atoms with Gasteiger partial charge >= 0.3 is 6.09 Å². The fourth-order valence-corrected chi connectivity index (χ4v) is 3.07. The van der Waals surface area contributed by atoms with Crippen molar-refractivity contribution in [3.63, 3.8) is 0 Å². The summed E-state index contributed by atoms with van der Waals surface area (Å²) in [6.45, 7) is 0.459. The lowest BCUT2D eigenvalue weighted by molar-refractivity contribution is -0.357. The Bertz CT molecular complexity index is 590. The van der Waals surface area contributed by atoms with Crippen LogP contribution in [0.4, 0.5) is 4.79 Å². The van der Waals surface area contributed by atoms with E-state index in [0.29, 0.717) is 0 Å². The fraction of sp³-hybridized carbons (Fsp3) is 0.588. The molecule has 0 aliphatic carbocycles. The lowest BCUT2D eigenvalue weighted by atomic mass is 9.97. The number of rotatable bonds is 5. The number of carbonyl (C=O) groups excluding carboxylic acids is 1. The molecule has 1 amide bonds. The summed E-state index contributed by atoms with van der Waals surface area (Å²) < 4.78 is 27.8. The number of fused-ring (bicyclic) bond motifs is 1. The van der Waals surface area contributed by atoms with Crippen LogP contribution in [0.5, 0.6) is 0 Å². The zero-order chi connectivity index (χ0) is 18.5. The molecule has 2 heterocycles. The smallest absolute Gasteiger partial charge is 0.407 e. The largest absolute Gasteiger partial charge is 0.438 e. The molecule has 0 saturated carbocycles. The van der Waals surface area contributed by atoms with E-state index in [4.69, 9.17) is 35.3 Å². The monoisotopic (exact) mass is 387 g/mol. The summed E-state index contributed by atoms with van der Waals surface area (Å²) in [6, 6.07) is 9.37. The van der Waals surface area contributed by atoms with Crippen molar-refractivity contribution in [2.75, 3.05) is 26.1 Å². The molecule has 0 spiro atoms. The van der Waals surface area contributed by atoms with Crippen molar-refractivity contribution in [2.45, 2.75) is 37.0 Å². The van der Waals surface area contributed by atoms with E-state index in [1.807, 2.05) is 30.3 Å². The third-order valence-electron chi connectivity index (χ3n) is 4.22. The van der Waals surface area contributed by atoms with Crippen LogP contribution in [0.15, 0.2) is 30.3 Å². The van der Waals surface area contributed by atoms with Crippen LogP contribution in [-0.2, 0) is 23.7 Å². The minimum Gasteiger partial charge on any atom is -0.438 e. The molecule has 2 saturated heterocycles. The van der Waals surface area contributed by atoms with Crippen molar-refractivity contribution in [2.24, 2.45) is 0 Å². The second-order valence-electron chi connectivity index (χ2n) is 5.93. The van der Waals surface area contributed by atoms with Gasteiger partial charge in [-0.15, -0.1) is 11.6 Å². The standard InChI is InChI=1S/C17H22ClNO7/c1-22-16-14(26-17(21)19-8-7-18)12(20)13-11(24-16)9-23-15(25-13)10-5-3-2-4-6-10/h2-6,11-16,20H,7-9H2,1H3,(H,19,21)/t11-,12+,13-,14-,15?,16+/m1/s1. The second-order valence-corrected chi connectivity index (χ2v) is 6.31. The zero-order valence-electron chi connectivity index (χ0n) is 14.2. The van der Waals surface area contributed by atoms with Crippen molar-refractivity contribution < 1.29 is 33.6 Å². The molecule has 0 bridgehead atoms. The van der Waals surface area contributed by atoms with Crippen LogP contribution in [0.1, 0.15) is 11.9 Å². The minimum atomic E-state index is -1.14. The second kappa shape index (κ2) is 8.98. The van der Waals surface area contributed by atoms with E-state index >= 15 is 0 Å². The third-order valence-corrected chi connectivity index (χ3v) is 4.41. The number of alkyl halides is 1. The number of alkyl carbamates (subject to hydrolysis) is 1. The molecule has 3 rings (SSSR count). The van der Waals surface area contributed by atoms with Gasteiger partial charge in [-0.05, 0) is 0 Å². The normalized spacial score (nSPS) is 34.0. The summed E-state index contributed by atoms with van der Waals surface area (Å²) in [5.74, 6) is 0.246. The molecular formula is C17H22ClNO7. The lowest BCUT2D eigenvalue weighted by Gasteiger charge is -2.46. The molecular weight excluding hydrogens is 366 g/mol. The van der Waals surface area contributed by atoms with Gasteiger partial charge < -0.3 is 34.1 Å². The Hall–Kier alpha value is -1.42. The molecule has 9 heteroatoms. The first kappa shape index (κ1) is 19.3. The molecule has 0 radical (unpaired) electrons. The van der Waals surface area contributed by atoms with Crippen LogP contribution in [0.2, 0.25) is 0 Å². The molecule has 1 unspecified atom stereocenters. The van der Waals surface area contributed by atoms with Gasteiger partial charge in [-0.3, -0.25) is 0 Å². The van der Waals surface area contributed by atoms with E-state index in [1.165, 1.54) is 7.11 Å². The zero-order valence-corrected chi connectivity index (χ0v) is 15.0. The quantitative estimate of drug-likeness (QED) is 0.732. The topological polar surface area (TPSA) is 95.5 Å². The Kier molecular flexibility index (Phi) is 6.68. The molecule has 6 atom stereocenters. The predicted molar refractivity (Wildman–Crippen MR) is 90.7 cm³/mol. The molecule has 1 aromatic carbocycles. The van der Waals surface area contributed by atoms with Gasteiger partial charge in [0.05, 0.1) is 6.61 Å². The number of carbonyl (C=O) groups is 1. The van der Waals surface area contributed by atoms with Crippen LogP contribution in [-0.4, -0.2) is 68.0 Å². The van der Waals surface area contributed by atoms with E-state index in [0.717, 1.165) is 5.56 Å². The maximum Gasteiger partial charge on any atom is 0.407 e. The highest BCUT2D eigenvalue weighted by Crippen LogP contribution is 2.35. The summed E-state index contributed by atoms with van der Waals surface area (Å²) in [5.41, 5.74) is 0.823. The minimum absolute atomic E-state index is 0.215. The number of methoxy groups -OCH3 is 1. The fourth-order valence-electron chi connectivity index (χ4n) is 2.98. The third kappa shape index (κ3) is 4.28. The molecule has 0 aromatic heterocycles. The molecule has 1 aromatic rings. The first-order valence-electron chi connectivity index (χ1n) is 8.33. The number of hydrogen-bond acceptors (Lipinski definition) is 7. The lowest BCUT2D eigenvalue weighted by Crippen LogP contribution is -2.63. The number of nitrogens with one attached hydrogen (secondary N) is 1. The maximum absolute atomic E-state index is 11.8. The van der Waals surface area contributed by atoms with Gasteiger partial charge in [0.2, 0.25) is 0 Å². The highest BCUT2D eigenvalue weighted by molar-refractivity contribution is 6.18. The highest BCUT2D eigenvalue weighted by atomic mass is 35.5. The van der Waals surface area contributed by atoms with Crippen LogP contribution in [0, 0.1) is 0 Å². The van der Waals surface area contributed by atoms with Gasteiger partial charge in [0.25, 0.3) is 0 Å². The Balaban J connectivity index is 1.69. The Morgan fingerprint density at radius 1 is 1.35 bits per heavy atom. The van der Waals surface area contributed by atoms with E-state index < -0.39 is 43.1 Å². The van der Waals surface area contributed by atoms with Crippen molar-refractivity contribution in [3.05, 3.63) is 35.9 Å². The maximum atomic E-state index is 11.8. The van der Waals surface area contributed by atoms with Crippen molar-refractivity contribution in [1.82, 2.24) is 5.32 Å². The van der Waals surface area contributed by atoms with Gasteiger partial charge in [0.15, 0.2) is 18.7 Å². The van der Waals surface area contributed by atoms with Crippen LogP contribution < -0.4 is 5.32 Å². The van der Waals surface area contributed by atoms with E-state index in [-0.39, 0.29) is 19.0 Å². The number of aliphatic hydroxyl groups excluding tert-OH is 1. The molecule has 2 aliphatic rings. The number of ether oxygens (including phenoxy) is 5. The summed E-state index contributed by atoms with van der Waals surface area (Å²) >= 11 is 5.54. The predicted octanol–water partition coefficient (Wildman–Crippen LogP) is 1.17. The number of amides is 1. The first-order chi connectivity index (χ1) is 12.6. The average Bonchev–Trinajstić information content (AvgIpc) is 2.68. The van der Waals surface area contributed by atoms with Gasteiger partial charge in [-0.2, -0.15) is 0 Å². The first-order valence-corrected chi connectivity index (χ1v) is 8.86. The Labute approximate surface area is 156 Å². The summed E-state index contributed by atoms with van der Waals surface area (Å²) in [6.07, 6.45) is -5.76. The van der Waals surface area contributed by atoms with Gasteiger partial charge in [-0.25, -0.2) is 4.79 Å². The summed E-state index contributed by atoms with van der Waals surface area (Å²) in [4.78, 5) is 11.8. The van der Waals surface area contributed by atoms with Gasteiger partial charge in [0, 0.05) is 25.1 Å². The molecule has 8 nitrogen and oxygen atoms in total. The van der Waals surface area contributed by atoms with E-state index in [2.05, 4.69) is 5.32 Å². The number of benzene rings is 1. The number of halogens is 1. The highest BCUT2D eigenvalue weighted by Gasteiger charge is 2.51. The van der Waals surface area contributed by atoms with Crippen molar-refractivity contribution in [3.8, 4) is 0 Å². The van der Waals surface area contributed by atoms with Gasteiger partial charge in [-0.1, -0.05) is 30.3 Å². The number of hydrogen-bond donors (Lipinski definition) is 2. The SMILES string of the molecule is CO[C@H]1O[C@@H]2COC(c3ccccc3)O[C@H]2[C@H](O)[C@H]1OC(=O)NCCCl. The Morgan fingerprint density at radius 2 is 2.12 bits per heavy atom. The van der Waals surface area contributed by atoms with Gasteiger partial charge in [0.1, 0.15) is 18.3 Å². The molecule has 26 heavy (non-hydrogen) atoms. The van der Waals surface area contributed by atoms with Crippen LogP contribution in [0.3, 0.4) is 0 Å². The number of aliphatic hydroxyl groups is 1. The molecule has 2 fully saturated rings. The summed E-state index contributed by atoms with van der Waals surface area (Å²) in [7, 11) is 1.40. The van der Waals surface area contributed by atoms with Crippen LogP contribution >= 0.6 is 11.6 Å². The van der Waals surface area contributed by atoms with Crippen molar-refractivity contribution >= 4 is 17.7 Å². The molecule has 2 aliphatic heterocycles. The molecule has 2 N–H and O–H groups in total. The van der Waals surface area contributed by atoms with Crippen molar-refractivity contribution in [1.29, 1.82) is 0 Å².